The van der Waals surface area contributed by atoms with Crippen LogP contribution in [0.5, 0.6) is 0 Å². The van der Waals surface area contributed by atoms with Gasteiger partial charge in [0.25, 0.3) is 10.0 Å². The maximum absolute atomic E-state index is 12.5. The topological polar surface area (TPSA) is 74.3 Å². The van der Waals surface area contributed by atoms with Crippen molar-refractivity contribution in [1.82, 2.24) is 14.6 Å². The van der Waals surface area contributed by atoms with E-state index >= 15 is 0 Å². The summed E-state index contributed by atoms with van der Waals surface area (Å²) in [7, 11) is 0.202. The molecule has 0 fully saturated rings. The second-order valence-electron chi connectivity index (χ2n) is 5.81. The smallest absolute Gasteiger partial charge is 0.260 e. The van der Waals surface area contributed by atoms with Gasteiger partial charge in [-0.1, -0.05) is 6.92 Å². The summed E-state index contributed by atoms with van der Waals surface area (Å²) in [6, 6.07) is 3.45. The molecule has 0 bridgehead atoms. The summed E-state index contributed by atoms with van der Waals surface area (Å²) in [5.41, 5.74) is 0.258. The standard InChI is InChI=1S/C14H26N4O2S/c1-6-9-15-12-8-7-10-16-13(12)21(19,20)17-11-14(2,3)18(4)5/h7-8,10,15,17H,6,9,11H2,1-5H3. The molecule has 1 heterocycles. The van der Waals surface area contributed by atoms with Crippen LogP contribution in [0.4, 0.5) is 5.69 Å². The molecule has 0 radical (unpaired) electrons. The monoisotopic (exact) mass is 314 g/mol. The molecule has 2 N–H and O–H groups in total. The average molecular weight is 314 g/mol. The van der Waals surface area contributed by atoms with Crippen molar-refractivity contribution in [1.29, 1.82) is 0 Å². The number of nitrogens with one attached hydrogen (secondary N) is 2. The molecule has 120 valence electrons. The number of likely N-dealkylation sites (N-methyl/N-ethyl adjacent to an activating group) is 1. The van der Waals surface area contributed by atoms with E-state index in [1.807, 2.05) is 39.8 Å². The van der Waals surface area contributed by atoms with E-state index in [0.717, 1.165) is 6.42 Å². The van der Waals surface area contributed by atoms with Crippen molar-refractivity contribution in [3.8, 4) is 0 Å². The van der Waals surface area contributed by atoms with Crippen molar-refractivity contribution >= 4 is 15.7 Å². The quantitative estimate of drug-likeness (QED) is 0.761. The predicted molar refractivity (Wildman–Crippen MR) is 86.0 cm³/mol. The number of aromatic nitrogens is 1. The van der Waals surface area contributed by atoms with Crippen LogP contribution in [0.2, 0.25) is 0 Å². The first-order chi connectivity index (χ1) is 9.70. The molecule has 0 aliphatic rings. The zero-order valence-corrected chi connectivity index (χ0v) is 14.3. The third-order valence-electron chi connectivity index (χ3n) is 3.50. The molecular formula is C14H26N4O2S. The summed E-state index contributed by atoms with van der Waals surface area (Å²) >= 11 is 0. The molecule has 1 aromatic heterocycles. The van der Waals surface area contributed by atoms with Crippen LogP contribution in [0, 0.1) is 0 Å². The zero-order valence-electron chi connectivity index (χ0n) is 13.5. The summed E-state index contributed by atoms with van der Waals surface area (Å²) in [5, 5.41) is 3.15. The Morgan fingerprint density at radius 1 is 1.33 bits per heavy atom. The second-order valence-corrected chi connectivity index (χ2v) is 7.50. The van der Waals surface area contributed by atoms with E-state index in [1.165, 1.54) is 6.20 Å². The number of hydrogen-bond donors (Lipinski definition) is 2. The largest absolute Gasteiger partial charge is 0.383 e. The maximum Gasteiger partial charge on any atom is 0.260 e. The van der Waals surface area contributed by atoms with Gasteiger partial charge < -0.3 is 10.2 Å². The zero-order chi connectivity index (χ0) is 16.1. The Balaban J connectivity index is 2.93. The van der Waals surface area contributed by atoms with E-state index in [1.54, 1.807) is 12.1 Å². The van der Waals surface area contributed by atoms with Crippen molar-refractivity contribution < 1.29 is 8.42 Å². The number of sulfonamides is 1. The molecule has 0 aliphatic carbocycles. The van der Waals surface area contributed by atoms with E-state index < -0.39 is 10.0 Å². The molecule has 0 saturated heterocycles. The van der Waals surface area contributed by atoms with Crippen molar-refractivity contribution in [2.75, 3.05) is 32.5 Å². The van der Waals surface area contributed by atoms with Crippen LogP contribution in [-0.4, -0.2) is 51.0 Å². The normalized spacial score (nSPS) is 12.7. The Labute approximate surface area is 128 Å². The molecule has 0 atom stereocenters. The molecular weight excluding hydrogens is 288 g/mol. The Bertz CT molecular complexity index is 556. The highest BCUT2D eigenvalue weighted by molar-refractivity contribution is 7.89. The SMILES string of the molecule is CCCNc1cccnc1S(=O)(=O)NCC(C)(C)N(C)C. The van der Waals surface area contributed by atoms with Gasteiger partial charge in [0.1, 0.15) is 0 Å². The Kier molecular flexibility index (Phi) is 6.12. The molecule has 0 unspecified atom stereocenters. The van der Waals surface area contributed by atoms with Gasteiger partial charge in [-0.25, -0.2) is 18.1 Å². The fraction of sp³-hybridized carbons (Fsp3) is 0.643. The van der Waals surface area contributed by atoms with Crippen LogP contribution in [0.25, 0.3) is 0 Å². The lowest BCUT2D eigenvalue weighted by molar-refractivity contribution is 0.199. The molecule has 21 heavy (non-hydrogen) atoms. The van der Waals surface area contributed by atoms with Gasteiger partial charge in [-0.2, -0.15) is 0 Å². The van der Waals surface area contributed by atoms with Crippen molar-refractivity contribution in [3.05, 3.63) is 18.3 Å². The highest BCUT2D eigenvalue weighted by Gasteiger charge is 2.26. The summed E-state index contributed by atoms with van der Waals surface area (Å²) in [4.78, 5) is 6.00. The Hall–Kier alpha value is -1.18. The summed E-state index contributed by atoms with van der Waals surface area (Å²) in [6.45, 7) is 6.99. The van der Waals surface area contributed by atoms with Crippen LogP contribution in [0.3, 0.4) is 0 Å². The third kappa shape index (κ3) is 4.94. The first kappa shape index (κ1) is 17.9. The third-order valence-corrected chi connectivity index (χ3v) is 4.86. The van der Waals surface area contributed by atoms with Crippen LogP contribution >= 0.6 is 0 Å². The van der Waals surface area contributed by atoms with Gasteiger partial charge >= 0.3 is 0 Å². The van der Waals surface area contributed by atoms with Crippen LogP contribution in [-0.2, 0) is 10.0 Å². The van der Waals surface area contributed by atoms with Gasteiger partial charge in [-0.3, -0.25) is 0 Å². The van der Waals surface area contributed by atoms with Gasteiger partial charge in [0.15, 0.2) is 5.03 Å². The minimum absolute atomic E-state index is 0.0491. The molecule has 0 aliphatic heterocycles. The van der Waals surface area contributed by atoms with Crippen molar-refractivity contribution in [2.45, 2.75) is 37.8 Å². The lowest BCUT2D eigenvalue weighted by Crippen LogP contribution is -2.48. The van der Waals surface area contributed by atoms with E-state index in [9.17, 15) is 8.42 Å². The molecule has 0 aromatic carbocycles. The lowest BCUT2D eigenvalue weighted by atomic mass is 10.1. The van der Waals surface area contributed by atoms with Crippen LogP contribution in [0.1, 0.15) is 27.2 Å². The number of nitrogens with zero attached hydrogens (tertiary/aromatic N) is 2. The molecule has 0 spiro atoms. The number of pyridine rings is 1. The maximum atomic E-state index is 12.5. The van der Waals surface area contributed by atoms with E-state index in [0.29, 0.717) is 18.8 Å². The average Bonchev–Trinajstić information content (AvgIpc) is 2.43. The highest BCUT2D eigenvalue weighted by Crippen LogP contribution is 2.18. The highest BCUT2D eigenvalue weighted by atomic mass is 32.2. The first-order valence-electron chi connectivity index (χ1n) is 7.06. The molecule has 0 amide bonds. The van der Waals surface area contributed by atoms with Crippen LogP contribution in [0.15, 0.2) is 23.4 Å². The molecule has 1 rings (SSSR count). The van der Waals surface area contributed by atoms with Crippen LogP contribution < -0.4 is 10.0 Å². The predicted octanol–water partition coefficient (Wildman–Crippen LogP) is 1.52. The lowest BCUT2D eigenvalue weighted by Gasteiger charge is -2.32. The van der Waals surface area contributed by atoms with Crippen molar-refractivity contribution in [2.24, 2.45) is 0 Å². The molecule has 1 aromatic rings. The van der Waals surface area contributed by atoms with E-state index in [-0.39, 0.29) is 10.6 Å². The van der Waals surface area contributed by atoms with Gasteiger partial charge in [-0.05, 0) is 46.5 Å². The van der Waals surface area contributed by atoms with E-state index in [2.05, 4.69) is 15.0 Å². The summed E-state index contributed by atoms with van der Waals surface area (Å²) < 4.78 is 27.5. The van der Waals surface area contributed by atoms with Crippen molar-refractivity contribution in [3.63, 3.8) is 0 Å². The van der Waals surface area contributed by atoms with Gasteiger partial charge in [0, 0.05) is 24.8 Å². The Morgan fingerprint density at radius 2 is 2.00 bits per heavy atom. The minimum Gasteiger partial charge on any atom is -0.383 e. The minimum atomic E-state index is -3.64. The number of anilines is 1. The van der Waals surface area contributed by atoms with Gasteiger partial charge in [-0.15, -0.1) is 0 Å². The fourth-order valence-electron chi connectivity index (χ4n) is 1.50. The van der Waals surface area contributed by atoms with Gasteiger partial charge in [0.2, 0.25) is 0 Å². The molecule has 7 heteroatoms. The number of rotatable bonds is 8. The van der Waals surface area contributed by atoms with E-state index in [4.69, 9.17) is 0 Å². The Morgan fingerprint density at radius 3 is 2.57 bits per heavy atom. The fourth-order valence-corrected chi connectivity index (χ4v) is 2.81. The molecule has 0 saturated carbocycles. The summed E-state index contributed by atoms with van der Waals surface area (Å²) in [6.07, 6.45) is 2.40. The number of hydrogen-bond acceptors (Lipinski definition) is 5. The molecule has 6 nitrogen and oxygen atoms in total. The second kappa shape index (κ2) is 7.20. The van der Waals surface area contributed by atoms with Gasteiger partial charge in [0.05, 0.1) is 5.69 Å². The first-order valence-corrected chi connectivity index (χ1v) is 8.55. The summed E-state index contributed by atoms with van der Waals surface area (Å²) in [5.74, 6) is 0.